The second kappa shape index (κ2) is 3.87. The molecule has 2 atom stereocenters. The molecule has 0 heterocycles. The molecular formula is C15H26O. The van der Waals surface area contributed by atoms with Gasteiger partial charge >= 0.3 is 0 Å². The number of aliphatic hydroxyl groups is 1. The summed E-state index contributed by atoms with van der Waals surface area (Å²) >= 11 is 0. The van der Waals surface area contributed by atoms with E-state index < -0.39 is 5.60 Å². The van der Waals surface area contributed by atoms with Crippen LogP contribution in [0.2, 0.25) is 0 Å². The Morgan fingerprint density at radius 1 is 1.12 bits per heavy atom. The Kier molecular flexibility index (Phi) is 2.94. The number of hydrogen-bond acceptors (Lipinski definition) is 1. The molecule has 2 rings (SSSR count). The van der Waals surface area contributed by atoms with E-state index in [-0.39, 0.29) is 5.41 Å². The van der Waals surface area contributed by atoms with Gasteiger partial charge in [-0.3, -0.25) is 0 Å². The van der Waals surface area contributed by atoms with E-state index in [1.807, 2.05) is 6.92 Å². The molecule has 1 N–H and O–H groups in total. The minimum atomic E-state index is -0.573. The van der Waals surface area contributed by atoms with E-state index >= 15 is 0 Å². The third-order valence-corrected chi connectivity index (χ3v) is 4.85. The molecule has 0 spiro atoms. The van der Waals surface area contributed by atoms with Crippen molar-refractivity contribution in [1.29, 1.82) is 0 Å². The fraction of sp³-hybridized carbons (Fsp3) is 0.867. The van der Waals surface area contributed by atoms with E-state index in [1.165, 1.54) is 31.3 Å². The maximum Gasteiger partial charge on any atom is 0.0836 e. The van der Waals surface area contributed by atoms with E-state index in [4.69, 9.17) is 0 Å². The lowest BCUT2D eigenvalue weighted by Crippen LogP contribution is -2.46. The maximum atomic E-state index is 10.6. The monoisotopic (exact) mass is 222 g/mol. The predicted octanol–water partition coefficient (Wildman–Crippen LogP) is 3.92. The van der Waals surface area contributed by atoms with Crippen LogP contribution < -0.4 is 0 Å². The van der Waals surface area contributed by atoms with Crippen LogP contribution in [0.25, 0.3) is 0 Å². The Hall–Kier alpha value is -0.300. The molecule has 0 aromatic rings. The van der Waals surface area contributed by atoms with Crippen molar-refractivity contribution in [3.63, 3.8) is 0 Å². The van der Waals surface area contributed by atoms with Crippen LogP contribution in [0.3, 0.4) is 0 Å². The Bertz CT molecular complexity index is 275. The summed E-state index contributed by atoms with van der Waals surface area (Å²) in [4.78, 5) is 0. The Morgan fingerprint density at radius 3 is 2.12 bits per heavy atom. The zero-order valence-corrected chi connectivity index (χ0v) is 11.2. The minimum Gasteiger partial charge on any atom is -0.386 e. The third kappa shape index (κ3) is 1.95. The summed E-state index contributed by atoms with van der Waals surface area (Å²) in [5.41, 5.74) is 0.851. The molecule has 1 heteroatoms. The lowest BCUT2D eigenvalue weighted by molar-refractivity contribution is -0.0151. The van der Waals surface area contributed by atoms with Crippen molar-refractivity contribution in [2.45, 2.75) is 65.4 Å². The van der Waals surface area contributed by atoms with Crippen LogP contribution in [0.5, 0.6) is 0 Å². The van der Waals surface area contributed by atoms with Crippen LogP contribution in [0.1, 0.15) is 59.8 Å². The maximum absolute atomic E-state index is 10.6. The number of rotatable bonds is 1. The first-order chi connectivity index (χ1) is 7.37. The minimum absolute atomic E-state index is 0.177. The highest BCUT2D eigenvalue weighted by Crippen LogP contribution is 2.53. The zero-order valence-electron chi connectivity index (χ0n) is 11.2. The van der Waals surface area contributed by atoms with Gasteiger partial charge in [-0.15, -0.1) is 0 Å². The van der Waals surface area contributed by atoms with Crippen LogP contribution in [0, 0.1) is 17.3 Å². The lowest BCUT2D eigenvalue weighted by atomic mass is 9.57. The van der Waals surface area contributed by atoms with E-state index in [2.05, 4.69) is 26.8 Å². The first-order valence-corrected chi connectivity index (χ1v) is 6.76. The molecule has 0 radical (unpaired) electrons. The van der Waals surface area contributed by atoms with Crippen LogP contribution in [0.15, 0.2) is 11.6 Å². The van der Waals surface area contributed by atoms with Gasteiger partial charge < -0.3 is 5.11 Å². The quantitative estimate of drug-likeness (QED) is 0.667. The van der Waals surface area contributed by atoms with Crippen molar-refractivity contribution >= 4 is 0 Å². The summed E-state index contributed by atoms with van der Waals surface area (Å²) in [7, 11) is 0. The average molecular weight is 222 g/mol. The Labute approximate surface area is 99.9 Å². The van der Waals surface area contributed by atoms with Crippen molar-refractivity contribution in [3.8, 4) is 0 Å². The molecule has 0 bridgehead atoms. The molecule has 2 saturated carbocycles. The molecule has 1 nitrogen and oxygen atoms in total. The molecule has 2 aliphatic rings. The van der Waals surface area contributed by atoms with E-state index in [1.54, 1.807) is 0 Å². The second-order valence-corrected chi connectivity index (χ2v) is 6.72. The first kappa shape index (κ1) is 12.2. The van der Waals surface area contributed by atoms with Gasteiger partial charge in [0, 0.05) is 0 Å². The van der Waals surface area contributed by atoms with Crippen molar-refractivity contribution < 1.29 is 5.11 Å². The molecule has 0 aromatic heterocycles. The van der Waals surface area contributed by atoms with Crippen molar-refractivity contribution in [2.75, 3.05) is 0 Å². The van der Waals surface area contributed by atoms with Gasteiger partial charge in [-0.2, -0.15) is 0 Å². The average Bonchev–Trinajstić information content (AvgIpc) is 1.95. The van der Waals surface area contributed by atoms with Crippen LogP contribution >= 0.6 is 0 Å². The van der Waals surface area contributed by atoms with Gasteiger partial charge in [-0.05, 0) is 49.5 Å². The van der Waals surface area contributed by atoms with Crippen LogP contribution in [-0.2, 0) is 0 Å². The van der Waals surface area contributed by atoms with Gasteiger partial charge in [0.1, 0.15) is 0 Å². The highest BCUT2D eigenvalue weighted by Gasteiger charge is 2.46. The predicted molar refractivity (Wildman–Crippen MR) is 68.2 cm³/mol. The smallest absolute Gasteiger partial charge is 0.0836 e. The molecule has 2 unspecified atom stereocenters. The molecule has 92 valence electrons. The van der Waals surface area contributed by atoms with Gasteiger partial charge in [-0.1, -0.05) is 39.2 Å². The molecule has 2 fully saturated rings. The van der Waals surface area contributed by atoms with Crippen molar-refractivity contribution in [2.24, 2.45) is 17.3 Å². The SMILES string of the molecule is C/C=C1/C(C)(C)CC(C2CCC2)CC1(C)O. The second-order valence-electron chi connectivity index (χ2n) is 6.72. The summed E-state index contributed by atoms with van der Waals surface area (Å²) in [6.45, 7) is 8.66. The summed E-state index contributed by atoms with van der Waals surface area (Å²) in [6.07, 6.45) is 8.55. The summed E-state index contributed by atoms with van der Waals surface area (Å²) in [6, 6.07) is 0. The normalized spacial score (nSPS) is 42.1. The molecule has 0 amide bonds. The highest BCUT2D eigenvalue weighted by atomic mass is 16.3. The summed E-state index contributed by atoms with van der Waals surface area (Å²) < 4.78 is 0. The van der Waals surface area contributed by atoms with E-state index in [0.717, 1.165) is 18.3 Å². The molecule has 0 aliphatic heterocycles. The number of allylic oxidation sites excluding steroid dienone is 1. The van der Waals surface area contributed by atoms with Crippen molar-refractivity contribution in [3.05, 3.63) is 11.6 Å². The third-order valence-electron chi connectivity index (χ3n) is 4.85. The van der Waals surface area contributed by atoms with Gasteiger partial charge in [0.05, 0.1) is 5.60 Å². The Balaban J connectivity index is 2.21. The summed E-state index contributed by atoms with van der Waals surface area (Å²) in [5.74, 6) is 1.63. The standard InChI is InChI=1S/C15H26O/c1-5-13-14(2,3)9-12(10-15(13,4)16)11-7-6-8-11/h5,11-12,16H,6-10H2,1-4H3/b13-5-. The first-order valence-electron chi connectivity index (χ1n) is 6.76. The topological polar surface area (TPSA) is 20.2 Å². The van der Waals surface area contributed by atoms with Gasteiger partial charge in [0.25, 0.3) is 0 Å². The Morgan fingerprint density at radius 2 is 1.75 bits per heavy atom. The molecule has 0 aromatic carbocycles. The fourth-order valence-electron chi connectivity index (χ4n) is 4.13. The van der Waals surface area contributed by atoms with Gasteiger partial charge in [0.15, 0.2) is 0 Å². The molecule has 0 saturated heterocycles. The summed E-state index contributed by atoms with van der Waals surface area (Å²) in [5, 5.41) is 10.6. The van der Waals surface area contributed by atoms with Crippen LogP contribution in [-0.4, -0.2) is 10.7 Å². The van der Waals surface area contributed by atoms with Gasteiger partial charge in [0.2, 0.25) is 0 Å². The largest absolute Gasteiger partial charge is 0.386 e. The molecular weight excluding hydrogens is 196 g/mol. The van der Waals surface area contributed by atoms with E-state index in [0.29, 0.717) is 0 Å². The van der Waals surface area contributed by atoms with Crippen LogP contribution in [0.4, 0.5) is 0 Å². The molecule has 16 heavy (non-hydrogen) atoms. The zero-order chi connectivity index (χ0) is 12.0. The van der Waals surface area contributed by atoms with E-state index in [9.17, 15) is 5.11 Å². The van der Waals surface area contributed by atoms with Crippen molar-refractivity contribution in [1.82, 2.24) is 0 Å². The number of hydrogen-bond donors (Lipinski definition) is 1. The van der Waals surface area contributed by atoms with Gasteiger partial charge in [-0.25, -0.2) is 0 Å². The molecule has 2 aliphatic carbocycles. The fourth-order valence-corrected chi connectivity index (χ4v) is 4.13. The lowest BCUT2D eigenvalue weighted by Gasteiger charge is -2.50. The highest BCUT2D eigenvalue weighted by molar-refractivity contribution is 5.25.